The lowest BCUT2D eigenvalue weighted by Crippen LogP contribution is -2.51. The summed E-state index contributed by atoms with van der Waals surface area (Å²) in [6.45, 7) is 3.30. The van der Waals surface area contributed by atoms with Crippen molar-refractivity contribution in [1.82, 2.24) is 9.62 Å². The van der Waals surface area contributed by atoms with E-state index in [1.54, 1.807) is 36.0 Å². The molecule has 0 saturated carbocycles. The first-order valence-electron chi connectivity index (χ1n) is 11.3. The zero-order valence-electron chi connectivity index (χ0n) is 19.0. The first-order valence-corrected chi connectivity index (χ1v) is 14.2. The van der Waals surface area contributed by atoms with Gasteiger partial charge in [-0.2, -0.15) is 16.5 Å². The Bertz CT molecular complexity index is 954. The second-order valence-electron chi connectivity index (χ2n) is 8.56. The van der Waals surface area contributed by atoms with Crippen LogP contribution in [0.3, 0.4) is 0 Å². The first-order chi connectivity index (χ1) is 15.4. The quantitative estimate of drug-likeness (QED) is 0.559. The van der Waals surface area contributed by atoms with E-state index in [1.807, 2.05) is 24.1 Å². The van der Waals surface area contributed by atoms with Crippen LogP contribution >= 0.6 is 11.8 Å². The van der Waals surface area contributed by atoms with Crippen molar-refractivity contribution in [3.63, 3.8) is 0 Å². The van der Waals surface area contributed by atoms with E-state index < -0.39 is 16.1 Å². The van der Waals surface area contributed by atoms with Crippen LogP contribution in [-0.4, -0.2) is 50.4 Å². The maximum absolute atomic E-state index is 13.2. The molecule has 5 nitrogen and oxygen atoms in total. The molecule has 1 N–H and O–H groups in total. The van der Waals surface area contributed by atoms with Crippen LogP contribution in [0.2, 0.25) is 0 Å². The topological polar surface area (TPSA) is 66.5 Å². The van der Waals surface area contributed by atoms with Gasteiger partial charge in [-0.3, -0.25) is 4.79 Å². The molecule has 7 heteroatoms. The van der Waals surface area contributed by atoms with Gasteiger partial charge in [-0.25, -0.2) is 8.42 Å². The molecule has 0 aliphatic carbocycles. The van der Waals surface area contributed by atoms with Crippen LogP contribution in [0.4, 0.5) is 0 Å². The molecule has 2 aromatic carbocycles. The van der Waals surface area contributed by atoms with Gasteiger partial charge in [0, 0.05) is 13.1 Å². The van der Waals surface area contributed by atoms with Crippen molar-refractivity contribution in [2.24, 2.45) is 5.92 Å². The van der Waals surface area contributed by atoms with E-state index in [4.69, 9.17) is 0 Å². The lowest BCUT2D eigenvalue weighted by molar-refractivity contribution is -0.134. The van der Waals surface area contributed by atoms with E-state index >= 15 is 0 Å². The Labute approximate surface area is 197 Å². The Hall–Kier alpha value is -1.83. The summed E-state index contributed by atoms with van der Waals surface area (Å²) in [5.41, 5.74) is 2.35. The maximum Gasteiger partial charge on any atom is 0.241 e. The number of rotatable bonds is 10. The molecular weight excluding hydrogens is 440 g/mol. The molecule has 2 aromatic rings. The molecule has 1 aliphatic heterocycles. The second-order valence-corrected chi connectivity index (χ2v) is 11.3. The summed E-state index contributed by atoms with van der Waals surface area (Å²) in [6.07, 6.45) is 6.58. The van der Waals surface area contributed by atoms with Gasteiger partial charge in [0.25, 0.3) is 0 Å². The smallest absolute Gasteiger partial charge is 0.241 e. The van der Waals surface area contributed by atoms with Crippen molar-refractivity contribution in [2.75, 3.05) is 25.1 Å². The van der Waals surface area contributed by atoms with Crippen LogP contribution in [0.5, 0.6) is 0 Å². The van der Waals surface area contributed by atoms with Gasteiger partial charge < -0.3 is 4.90 Å². The number of carbonyl (C=O) groups excluding carboxylic acids is 1. The van der Waals surface area contributed by atoms with E-state index in [9.17, 15) is 13.2 Å². The van der Waals surface area contributed by atoms with Gasteiger partial charge >= 0.3 is 0 Å². The minimum Gasteiger partial charge on any atom is -0.341 e. The van der Waals surface area contributed by atoms with Crippen LogP contribution < -0.4 is 4.72 Å². The molecule has 0 spiro atoms. The average molecular weight is 475 g/mol. The first kappa shape index (κ1) is 24.8. The largest absolute Gasteiger partial charge is 0.341 e. The molecular formula is C25H34N2O3S2. The zero-order valence-corrected chi connectivity index (χ0v) is 20.6. The number of nitrogens with zero attached hydrogens (tertiary/aromatic N) is 1. The number of likely N-dealkylation sites (tertiary alicyclic amines) is 1. The highest BCUT2D eigenvalue weighted by atomic mass is 32.2. The normalized spacial score (nSPS) is 16.1. The number of carbonyl (C=O) groups is 1. The number of benzene rings is 2. The minimum atomic E-state index is -3.75. The molecule has 0 radical (unpaired) electrons. The third kappa shape index (κ3) is 7.09. The zero-order chi connectivity index (χ0) is 23.0. The molecule has 1 heterocycles. The summed E-state index contributed by atoms with van der Waals surface area (Å²) in [4.78, 5) is 15.3. The SMILES string of the molecule is CSCCC(NS(=O)(=O)c1ccc(C)cc1)C(=O)N1CCC(CCc2ccccc2)CC1. The van der Waals surface area contributed by atoms with E-state index in [2.05, 4.69) is 29.0 Å². The molecule has 32 heavy (non-hydrogen) atoms. The standard InChI is InChI=1S/C25H34N2O3S2/c1-20-8-12-23(13-9-20)32(29,30)26-24(16-19-31-2)25(28)27-17-14-22(15-18-27)11-10-21-6-4-3-5-7-21/h3-9,12-13,22,24,26H,10-11,14-19H2,1-2H3. The molecule has 3 rings (SSSR count). The number of hydrogen-bond acceptors (Lipinski definition) is 4. The predicted octanol–water partition coefficient (Wildman–Crippen LogP) is 4.27. The molecule has 1 unspecified atom stereocenters. The highest BCUT2D eigenvalue weighted by molar-refractivity contribution is 7.98. The lowest BCUT2D eigenvalue weighted by atomic mass is 9.90. The summed E-state index contributed by atoms with van der Waals surface area (Å²) in [5, 5.41) is 0. The van der Waals surface area contributed by atoms with E-state index in [0.717, 1.165) is 37.0 Å². The number of piperidine rings is 1. The third-order valence-electron chi connectivity index (χ3n) is 6.15. The fourth-order valence-corrected chi connectivity index (χ4v) is 5.81. The van der Waals surface area contributed by atoms with E-state index in [0.29, 0.717) is 25.4 Å². The number of amides is 1. The van der Waals surface area contributed by atoms with Crippen LogP contribution in [0.25, 0.3) is 0 Å². The number of sulfonamides is 1. The molecule has 0 aromatic heterocycles. The van der Waals surface area contributed by atoms with E-state index in [-0.39, 0.29) is 10.8 Å². The van der Waals surface area contributed by atoms with Gasteiger partial charge in [0.05, 0.1) is 4.90 Å². The van der Waals surface area contributed by atoms with Gasteiger partial charge in [0.15, 0.2) is 0 Å². The molecule has 0 bridgehead atoms. The molecule has 1 atom stereocenters. The number of aryl methyl sites for hydroxylation is 2. The second kappa shape index (κ2) is 11.9. The van der Waals surface area contributed by atoms with Gasteiger partial charge in [-0.05, 0) is 74.7 Å². The molecule has 1 saturated heterocycles. The fourth-order valence-electron chi connectivity index (χ4n) is 4.12. The lowest BCUT2D eigenvalue weighted by Gasteiger charge is -2.34. The van der Waals surface area contributed by atoms with Crippen molar-refractivity contribution in [3.05, 3.63) is 65.7 Å². The summed E-state index contributed by atoms with van der Waals surface area (Å²) in [5.74, 6) is 1.23. The maximum atomic E-state index is 13.2. The molecule has 1 aliphatic rings. The predicted molar refractivity (Wildman–Crippen MR) is 132 cm³/mol. The highest BCUT2D eigenvalue weighted by Gasteiger charge is 2.31. The molecule has 1 fully saturated rings. The summed E-state index contributed by atoms with van der Waals surface area (Å²) < 4.78 is 28.5. The Morgan fingerprint density at radius 3 is 2.38 bits per heavy atom. The summed E-state index contributed by atoms with van der Waals surface area (Å²) in [7, 11) is -3.75. The van der Waals surface area contributed by atoms with Gasteiger partial charge in [0.1, 0.15) is 6.04 Å². The monoisotopic (exact) mass is 474 g/mol. The van der Waals surface area contributed by atoms with Crippen LogP contribution in [0.1, 0.15) is 36.8 Å². The Balaban J connectivity index is 1.58. The Morgan fingerprint density at radius 2 is 1.75 bits per heavy atom. The summed E-state index contributed by atoms with van der Waals surface area (Å²) in [6, 6.07) is 16.5. The summed E-state index contributed by atoms with van der Waals surface area (Å²) >= 11 is 1.62. The minimum absolute atomic E-state index is 0.101. The fraction of sp³-hybridized carbons (Fsp3) is 0.480. The van der Waals surface area contributed by atoms with Crippen LogP contribution in [0.15, 0.2) is 59.5 Å². The van der Waals surface area contributed by atoms with Crippen molar-refractivity contribution >= 4 is 27.7 Å². The van der Waals surface area contributed by atoms with Crippen molar-refractivity contribution in [3.8, 4) is 0 Å². The highest BCUT2D eigenvalue weighted by Crippen LogP contribution is 2.24. The Kier molecular flexibility index (Phi) is 9.20. The van der Waals surface area contributed by atoms with Crippen LogP contribution in [0, 0.1) is 12.8 Å². The molecule has 174 valence electrons. The Morgan fingerprint density at radius 1 is 1.09 bits per heavy atom. The van der Waals surface area contributed by atoms with Gasteiger partial charge in [-0.1, -0.05) is 48.0 Å². The number of nitrogens with one attached hydrogen (secondary N) is 1. The van der Waals surface area contributed by atoms with Crippen LogP contribution in [-0.2, 0) is 21.2 Å². The van der Waals surface area contributed by atoms with Gasteiger partial charge in [-0.15, -0.1) is 0 Å². The van der Waals surface area contributed by atoms with E-state index in [1.165, 1.54) is 5.56 Å². The van der Waals surface area contributed by atoms with Crippen molar-refractivity contribution < 1.29 is 13.2 Å². The van der Waals surface area contributed by atoms with Crippen molar-refractivity contribution in [1.29, 1.82) is 0 Å². The average Bonchev–Trinajstić information content (AvgIpc) is 2.81. The molecule has 1 amide bonds. The number of hydrogen-bond donors (Lipinski definition) is 1. The number of thioether (sulfide) groups is 1. The van der Waals surface area contributed by atoms with Crippen molar-refractivity contribution in [2.45, 2.75) is 50.0 Å². The third-order valence-corrected chi connectivity index (χ3v) is 8.28. The van der Waals surface area contributed by atoms with Gasteiger partial charge in [0.2, 0.25) is 15.9 Å².